The summed E-state index contributed by atoms with van der Waals surface area (Å²) < 4.78 is 0. The Morgan fingerprint density at radius 2 is 1.73 bits per heavy atom. The van der Waals surface area contributed by atoms with Crippen molar-refractivity contribution in [2.24, 2.45) is 5.92 Å². The van der Waals surface area contributed by atoms with E-state index in [1.807, 2.05) is 24.3 Å². The number of benzene rings is 1. The first kappa shape index (κ1) is 26.8. The van der Waals surface area contributed by atoms with Crippen molar-refractivity contribution in [3.05, 3.63) is 48.2 Å². The number of ketones is 1. The fourth-order valence-electron chi connectivity index (χ4n) is 4.48. The number of nitrogens with one attached hydrogen (secondary N) is 1. The summed E-state index contributed by atoms with van der Waals surface area (Å²) in [5, 5.41) is 13.2. The van der Waals surface area contributed by atoms with Crippen LogP contribution in [0.15, 0.2) is 42.6 Å². The summed E-state index contributed by atoms with van der Waals surface area (Å²) in [6.45, 7) is 2.70. The largest absolute Gasteiger partial charge is 0.508 e. The molecule has 4 rings (SSSR count). The van der Waals surface area contributed by atoms with Gasteiger partial charge in [-0.05, 0) is 89.0 Å². The van der Waals surface area contributed by atoms with Crippen molar-refractivity contribution in [2.75, 3.05) is 26.0 Å². The molecule has 8 heteroatoms. The van der Waals surface area contributed by atoms with Crippen molar-refractivity contribution in [2.45, 2.75) is 38.6 Å². The van der Waals surface area contributed by atoms with Crippen LogP contribution in [0.5, 0.6) is 5.75 Å². The minimum Gasteiger partial charge on any atom is -0.508 e. The van der Waals surface area contributed by atoms with Crippen LogP contribution >= 0.6 is 24.8 Å². The number of hydrogen-bond donors (Lipinski definition) is 2. The number of rotatable bonds is 6. The molecular formula is C25H32Cl2N4O2. The summed E-state index contributed by atoms with van der Waals surface area (Å²) in [7, 11) is 4.26. The van der Waals surface area contributed by atoms with Gasteiger partial charge in [0.15, 0.2) is 5.78 Å². The van der Waals surface area contributed by atoms with E-state index in [4.69, 9.17) is 4.98 Å². The third-order valence-corrected chi connectivity index (χ3v) is 6.07. The molecular weight excluding hydrogens is 459 g/mol. The van der Waals surface area contributed by atoms with Crippen LogP contribution in [0.3, 0.4) is 0 Å². The lowest BCUT2D eigenvalue weighted by molar-refractivity contribution is 0.101. The number of anilines is 1. The number of phenols is 1. The molecule has 0 saturated heterocycles. The Balaban J connectivity index is 0.00000193. The van der Waals surface area contributed by atoms with E-state index in [0.717, 1.165) is 47.8 Å². The zero-order valence-electron chi connectivity index (χ0n) is 19.2. The van der Waals surface area contributed by atoms with Crippen molar-refractivity contribution < 1.29 is 9.90 Å². The normalized spacial score (nSPS) is 17.8. The molecule has 178 valence electrons. The second kappa shape index (κ2) is 11.6. The fourth-order valence-corrected chi connectivity index (χ4v) is 4.48. The van der Waals surface area contributed by atoms with E-state index >= 15 is 0 Å². The molecule has 0 spiro atoms. The molecule has 1 aromatic carbocycles. The van der Waals surface area contributed by atoms with E-state index in [2.05, 4.69) is 29.3 Å². The maximum Gasteiger partial charge on any atom is 0.163 e. The summed E-state index contributed by atoms with van der Waals surface area (Å²) in [5.74, 6) is 0.932. The lowest BCUT2D eigenvalue weighted by Gasteiger charge is -2.31. The predicted octanol–water partition coefficient (Wildman–Crippen LogP) is 5.58. The first-order chi connectivity index (χ1) is 14.9. The number of hydrogen-bond acceptors (Lipinski definition) is 6. The van der Waals surface area contributed by atoms with Gasteiger partial charge in [0.25, 0.3) is 0 Å². The minimum absolute atomic E-state index is 0. The average Bonchev–Trinajstić information content (AvgIpc) is 2.75. The van der Waals surface area contributed by atoms with Gasteiger partial charge in [0, 0.05) is 24.3 Å². The molecule has 6 nitrogen and oxygen atoms in total. The summed E-state index contributed by atoms with van der Waals surface area (Å²) in [4.78, 5) is 24.0. The Morgan fingerprint density at radius 3 is 2.33 bits per heavy atom. The Kier molecular flexibility index (Phi) is 9.46. The molecule has 2 N–H and O–H groups in total. The van der Waals surface area contributed by atoms with Gasteiger partial charge in [-0.1, -0.05) is 0 Å². The Hall–Kier alpha value is -2.41. The van der Waals surface area contributed by atoms with Crippen LogP contribution in [0.1, 0.15) is 43.0 Å². The highest BCUT2D eigenvalue weighted by Gasteiger charge is 2.24. The minimum atomic E-state index is -0.0185. The number of phenolic OH excluding ortho intramolecular Hbond substituents is 1. The molecule has 1 aliphatic rings. The van der Waals surface area contributed by atoms with Crippen molar-refractivity contribution >= 4 is 47.3 Å². The van der Waals surface area contributed by atoms with Crippen LogP contribution in [-0.2, 0) is 0 Å². The van der Waals surface area contributed by atoms with Gasteiger partial charge in [0.1, 0.15) is 11.3 Å². The first-order valence-electron chi connectivity index (χ1n) is 10.9. The van der Waals surface area contributed by atoms with Gasteiger partial charge in [-0.3, -0.25) is 9.78 Å². The molecule has 3 aromatic rings. The molecule has 33 heavy (non-hydrogen) atoms. The summed E-state index contributed by atoms with van der Waals surface area (Å²) in [6, 6.07) is 11.2. The standard InChI is InChI=1S/C25H30N4O2.2ClH/c1-16(30)21-14-26-23-13-12-22(18-6-10-20(31)11-7-18)28-25(23)24(21)27-19-8-4-17(5-9-19)15-29(2)3;;/h6-7,10-14,17,19,31H,4-5,8-9,15H2,1-3H3,(H,26,27);2*1H/t17-,19-;;. The molecule has 1 saturated carbocycles. The number of pyridine rings is 2. The summed E-state index contributed by atoms with van der Waals surface area (Å²) >= 11 is 0. The van der Waals surface area contributed by atoms with Crippen molar-refractivity contribution in [1.29, 1.82) is 0 Å². The number of halogens is 2. The van der Waals surface area contributed by atoms with Crippen LogP contribution in [0, 0.1) is 5.92 Å². The molecule has 2 heterocycles. The number of aromatic hydroxyl groups is 1. The van der Waals surface area contributed by atoms with Crippen LogP contribution in [0.2, 0.25) is 0 Å². The first-order valence-corrected chi connectivity index (χ1v) is 10.9. The average molecular weight is 491 g/mol. The number of carbonyl (C=O) groups excluding carboxylic acids is 1. The summed E-state index contributed by atoms with van der Waals surface area (Å²) in [5.41, 5.74) is 4.54. The number of carbonyl (C=O) groups is 1. The van der Waals surface area contributed by atoms with Gasteiger partial charge in [-0.15, -0.1) is 24.8 Å². The Morgan fingerprint density at radius 1 is 1.06 bits per heavy atom. The molecule has 0 radical (unpaired) electrons. The molecule has 0 aliphatic heterocycles. The molecule has 0 amide bonds. The monoisotopic (exact) mass is 490 g/mol. The highest BCUT2D eigenvalue weighted by molar-refractivity contribution is 6.06. The van der Waals surface area contributed by atoms with Gasteiger partial charge in [0.2, 0.25) is 0 Å². The van der Waals surface area contributed by atoms with Crippen LogP contribution in [0.25, 0.3) is 22.3 Å². The highest BCUT2D eigenvalue weighted by Crippen LogP contribution is 2.32. The lowest BCUT2D eigenvalue weighted by Crippen LogP contribution is -2.31. The quantitative estimate of drug-likeness (QED) is 0.439. The van der Waals surface area contributed by atoms with E-state index in [1.165, 1.54) is 12.8 Å². The SMILES string of the molecule is CC(=O)c1cnc2ccc(-c3ccc(O)cc3)nc2c1N[C@H]1CC[C@H](CN(C)C)CC1.Cl.Cl. The number of aromatic nitrogens is 2. The molecule has 2 aromatic heterocycles. The van der Waals surface area contributed by atoms with Gasteiger partial charge < -0.3 is 15.3 Å². The third kappa shape index (κ3) is 6.34. The molecule has 1 fully saturated rings. The molecule has 0 unspecified atom stereocenters. The Bertz CT molecular complexity index is 1080. The van der Waals surface area contributed by atoms with Gasteiger partial charge in [0.05, 0.1) is 22.5 Å². The van der Waals surface area contributed by atoms with Crippen molar-refractivity contribution in [1.82, 2.24) is 14.9 Å². The van der Waals surface area contributed by atoms with Crippen LogP contribution in [0.4, 0.5) is 5.69 Å². The summed E-state index contributed by atoms with van der Waals surface area (Å²) in [6.07, 6.45) is 6.18. The van der Waals surface area contributed by atoms with Gasteiger partial charge in [-0.2, -0.15) is 0 Å². The second-order valence-corrected chi connectivity index (χ2v) is 8.84. The van der Waals surface area contributed by atoms with E-state index in [0.29, 0.717) is 17.1 Å². The maximum absolute atomic E-state index is 12.4. The smallest absolute Gasteiger partial charge is 0.163 e. The number of fused-ring (bicyclic) bond motifs is 1. The predicted molar refractivity (Wildman–Crippen MR) is 139 cm³/mol. The van der Waals surface area contributed by atoms with E-state index in [-0.39, 0.29) is 36.3 Å². The Labute approximate surface area is 207 Å². The van der Waals surface area contributed by atoms with Crippen LogP contribution < -0.4 is 5.32 Å². The number of Topliss-reactive ketones (excluding diaryl/α,β-unsaturated/α-hetero) is 1. The number of nitrogens with zero attached hydrogens (tertiary/aromatic N) is 3. The lowest BCUT2D eigenvalue weighted by atomic mass is 9.85. The fraction of sp³-hybridized carbons (Fsp3) is 0.400. The molecule has 1 aliphatic carbocycles. The second-order valence-electron chi connectivity index (χ2n) is 8.84. The van der Waals surface area contributed by atoms with E-state index in [9.17, 15) is 9.90 Å². The highest BCUT2D eigenvalue weighted by atomic mass is 35.5. The van der Waals surface area contributed by atoms with Gasteiger partial charge >= 0.3 is 0 Å². The van der Waals surface area contributed by atoms with E-state index in [1.54, 1.807) is 25.3 Å². The van der Waals surface area contributed by atoms with Gasteiger partial charge in [-0.25, -0.2) is 4.98 Å². The van der Waals surface area contributed by atoms with E-state index < -0.39 is 0 Å². The van der Waals surface area contributed by atoms with Crippen molar-refractivity contribution in [3.63, 3.8) is 0 Å². The zero-order valence-corrected chi connectivity index (χ0v) is 20.9. The zero-order chi connectivity index (χ0) is 22.0. The molecule has 0 atom stereocenters. The topological polar surface area (TPSA) is 78.3 Å². The van der Waals surface area contributed by atoms with Crippen molar-refractivity contribution in [3.8, 4) is 17.0 Å². The van der Waals surface area contributed by atoms with Crippen LogP contribution in [-0.4, -0.2) is 52.4 Å². The maximum atomic E-state index is 12.4. The third-order valence-electron chi connectivity index (χ3n) is 6.07. The molecule has 0 bridgehead atoms.